The van der Waals surface area contributed by atoms with Gasteiger partial charge < -0.3 is 0 Å². The minimum absolute atomic E-state index is 0.190. The first kappa shape index (κ1) is 14.5. The van der Waals surface area contributed by atoms with E-state index < -0.39 is 10.1 Å². The smallest absolute Gasteiger partial charge is 0.271 e. The fourth-order valence-electron chi connectivity index (χ4n) is 2.01. The van der Waals surface area contributed by atoms with Gasteiger partial charge in [0.2, 0.25) is 0 Å². The molecule has 0 aromatic carbocycles. The molecule has 0 aliphatic rings. The lowest BCUT2D eigenvalue weighted by Gasteiger charge is -2.02. The molecule has 1 N–H and O–H groups in total. The van der Waals surface area contributed by atoms with E-state index >= 15 is 0 Å². The SMILES string of the molecule is O=S(=O)(O)CC[n+]1ccc(-c2ccc3nccnc3n2)cc1. The van der Waals surface area contributed by atoms with Crippen LogP contribution in [0.25, 0.3) is 22.4 Å². The number of rotatable bonds is 4. The van der Waals surface area contributed by atoms with Gasteiger partial charge in [0.25, 0.3) is 10.1 Å². The van der Waals surface area contributed by atoms with E-state index in [9.17, 15) is 8.42 Å². The number of aromatic nitrogens is 4. The van der Waals surface area contributed by atoms with Crippen LogP contribution < -0.4 is 4.57 Å². The van der Waals surface area contributed by atoms with E-state index in [1.54, 1.807) is 29.4 Å². The van der Waals surface area contributed by atoms with Gasteiger partial charge in [-0.3, -0.25) is 9.54 Å². The predicted octanol–water partition coefficient (Wildman–Crippen LogP) is 0.867. The highest BCUT2D eigenvalue weighted by molar-refractivity contribution is 7.85. The first-order valence-electron chi connectivity index (χ1n) is 6.54. The Hall–Kier alpha value is -2.45. The van der Waals surface area contributed by atoms with E-state index in [1.165, 1.54) is 0 Å². The molecule has 0 amide bonds. The van der Waals surface area contributed by atoms with Crippen LogP contribution in [0.4, 0.5) is 0 Å². The molecule has 0 unspecified atom stereocenters. The Morgan fingerprint density at radius 2 is 1.77 bits per heavy atom. The first-order chi connectivity index (χ1) is 10.5. The number of nitrogens with zero attached hydrogens (tertiary/aromatic N) is 4. The second-order valence-corrected chi connectivity index (χ2v) is 6.28. The average molecular weight is 317 g/mol. The molecule has 7 nitrogen and oxygen atoms in total. The number of hydrogen-bond donors (Lipinski definition) is 1. The molecule has 0 radical (unpaired) electrons. The van der Waals surface area contributed by atoms with Crippen molar-refractivity contribution in [2.24, 2.45) is 0 Å². The highest BCUT2D eigenvalue weighted by atomic mass is 32.2. The minimum atomic E-state index is -3.96. The summed E-state index contributed by atoms with van der Waals surface area (Å²) in [4.78, 5) is 12.8. The van der Waals surface area contributed by atoms with E-state index in [4.69, 9.17) is 4.55 Å². The van der Waals surface area contributed by atoms with Gasteiger partial charge in [-0.05, 0) is 12.1 Å². The number of aryl methyl sites for hydroxylation is 1. The maximum absolute atomic E-state index is 10.7. The van der Waals surface area contributed by atoms with Crippen molar-refractivity contribution in [2.45, 2.75) is 6.54 Å². The lowest BCUT2D eigenvalue weighted by molar-refractivity contribution is -0.692. The zero-order valence-corrected chi connectivity index (χ0v) is 12.3. The van der Waals surface area contributed by atoms with Crippen LogP contribution >= 0.6 is 0 Å². The van der Waals surface area contributed by atoms with Gasteiger partial charge in [0.15, 0.2) is 24.6 Å². The van der Waals surface area contributed by atoms with Crippen LogP contribution in [-0.4, -0.2) is 33.7 Å². The lowest BCUT2D eigenvalue weighted by Crippen LogP contribution is -2.36. The van der Waals surface area contributed by atoms with Crippen molar-refractivity contribution in [1.29, 1.82) is 0 Å². The molecule has 3 aromatic heterocycles. The van der Waals surface area contributed by atoms with E-state index in [-0.39, 0.29) is 12.3 Å². The van der Waals surface area contributed by atoms with Crippen LogP contribution in [0.1, 0.15) is 0 Å². The Morgan fingerprint density at radius 1 is 1.05 bits per heavy atom. The number of fused-ring (bicyclic) bond motifs is 1. The van der Waals surface area contributed by atoms with Gasteiger partial charge in [0, 0.05) is 30.1 Å². The molecule has 0 bridgehead atoms. The summed E-state index contributed by atoms with van der Waals surface area (Å²) in [5, 5.41) is 0. The molecule has 112 valence electrons. The Bertz CT molecular complexity index is 911. The van der Waals surface area contributed by atoms with E-state index in [0.717, 1.165) is 16.8 Å². The van der Waals surface area contributed by atoms with Crippen molar-refractivity contribution in [1.82, 2.24) is 15.0 Å². The topological polar surface area (TPSA) is 96.9 Å². The summed E-state index contributed by atoms with van der Waals surface area (Å²) in [5.41, 5.74) is 2.94. The molecule has 22 heavy (non-hydrogen) atoms. The Labute approximate surface area is 127 Å². The van der Waals surface area contributed by atoms with Gasteiger partial charge in [0.05, 0.1) is 5.69 Å². The van der Waals surface area contributed by atoms with E-state index in [1.807, 2.05) is 24.3 Å². The summed E-state index contributed by atoms with van der Waals surface area (Å²) < 4.78 is 31.9. The number of pyridine rings is 2. The Morgan fingerprint density at radius 3 is 2.50 bits per heavy atom. The van der Waals surface area contributed by atoms with Crippen molar-refractivity contribution < 1.29 is 17.5 Å². The van der Waals surface area contributed by atoms with E-state index in [0.29, 0.717) is 5.65 Å². The van der Waals surface area contributed by atoms with Gasteiger partial charge in [-0.1, -0.05) is 0 Å². The summed E-state index contributed by atoms with van der Waals surface area (Å²) in [7, 11) is -3.96. The predicted molar refractivity (Wildman–Crippen MR) is 79.4 cm³/mol. The summed E-state index contributed by atoms with van der Waals surface area (Å²) in [6.45, 7) is 0.190. The fraction of sp³-hybridized carbons (Fsp3) is 0.143. The summed E-state index contributed by atoms with van der Waals surface area (Å²) in [5.74, 6) is -0.319. The van der Waals surface area contributed by atoms with Gasteiger partial charge >= 0.3 is 0 Å². The molecule has 3 heterocycles. The maximum Gasteiger partial charge on any atom is 0.271 e. The molecule has 0 saturated carbocycles. The fourth-order valence-corrected chi connectivity index (χ4v) is 2.45. The van der Waals surface area contributed by atoms with Gasteiger partial charge in [-0.25, -0.2) is 14.5 Å². The third-order valence-electron chi connectivity index (χ3n) is 3.13. The molecule has 0 saturated heterocycles. The van der Waals surface area contributed by atoms with Crippen LogP contribution in [0.5, 0.6) is 0 Å². The molecule has 3 rings (SSSR count). The zero-order chi connectivity index (χ0) is 15.6. The lowest BCUT2D eigenvalue weighted by atomic mass is 10.2. The van der Waals surface area contributed by atoms with Crippen LogP contribution in [-0.2, 0) is 16.7 Å². The summed E-state index contributed by atoms with van der Waals surface area (Å²) in [6.07, 6.45) is 6.68. The summed E-state index contributed by atoms with van der Waals surface area (Å²) >= 11 is 0. The quantitative estimate of drug-likeness (QED) is 0.566. The van der Waals surface area contributed by atoms with E-state index in [2.05, 4.69) is 15.0 Å². The first-order valence-corrected chi connectivity index (χ1v) is 8.15. The van der Waals surface area contributed by atoms with Gasteiger partial charge in [0.1, 0.15) is 11.3 Å². The molecule has 0 aliphatic heterocycles. The summed E-state index contributed by atoms with van der Waals surface area (Å²) in [6, 6.07) is 7.36. The molecular formula is C14H13N4O3S+. The van der Waals surface area contributed by atoms with Crippen LogP contribution in [0, 0.1) is 0 Å². The van der Waals surface area contributed by atoms with Crippen LogP contribution in [0.3, 0.4) is 0 Å². The highest BCUT2D eigenvalue weighted by Gasteiger charge is 2.10. The largest absolute Gasteiger partial charge is 0.285 e. The average Bonchev–Trinajstić information content (AvgIpc) is 2.52. The molecule has 3 aromatic rings. The standard InChI is InChI=1S/C14H12N4O3S/c19-22(20,21)10-9-18-7-3-11(4-8-18)12-1-2-13-14(17-12)16-6-5-15-13/h1-8H,9-10H2/p+1. The van der Waals surface area contributed by atoms with Gasteiger partial charge in [-0.2, -0.15) is 8.42 Å². The molecule has 8 heteroatoms. The van der Waals surface area contributed by atoms with Crippen molar-refractivity contribution >= 4 is 21.3 Å². The van der Waals surface area contributed by atoms with Gasteiger partial charge in [-0.15, -0.1) is 0 Å². The van der Waals surface area contributed by atoms with Crippen molar-refractivity contribution in [3.8, 4) is 11.3 Å². The van der Waals surface area contributed by atoms with Crippen molar-refractivity contribution in [3.63, 3.8) is 0 Å². The van der Waals surface area contributed by atoms with Crippen LogP contribution in [0.2, 0.25) is 0 Å². The second-order valence-electron chi connectivity index (χ2n) is 4.71. The molecule has 0 atom stereocenters. The highest BCUT2D eigenvalue weighted by Crippen LogP contribution is 2.17. The van der Waals surface area contributed by atoms with Crippen molar-refractivity contribution in [2.75, 3.05) is 5.75 Å². The molecule has 0 fully saturated rings. The maximum atomic E-state index is 10.7. The Kier molecular flexibility index (Phi) is 3.78. The number of hydrogen-bond acceptors (Lipinski definition) is 5. The molecule has 0 aliphatic carbocycles. The molecular weight excluding hydrogens is 304 g/mol. The zero-order valence-electron chi connectivity index (χ0n) is 11.5. The second kappa shape index (κ2) is 5.74. The normalized spacial score (nSPS) is 11.7. The molecule has 0 spiro atoms. The third kappa shape index (κ3) is 3.41. The Balaban J connectivity index is 1.84. The minimum Gasteiger partial charge on any atom is -0.285 e. The van der Waals surface area contributed by atoms with Crippen LogP contribution in [0.15, 0.2) is 49.1 Å². The monoisotopic (exact) mass is 317 g/mol. The van der Waals surface area contributed by atoms with Crippen molar-refractivity contribution in [3.05, 3.63) is 49.1 Å². The third-order valence-corrected chi connectivity index (χ3v) is 3.82.